The number of carboxylic acids is 1. The zero-order chi connectivity index (χ0) is 17.9. The zero-order valence-corrected chi connectivity index (χ0v) is 12.8. The molecule has 9 heteroatoms. The van der Waals surface area contributed by atoms with E-state index >= 15 is 0 Å². The topological polar surface area (TPSA) is 84.2 Å². The number of aliphatic carboxylic acids is 1. The van der Waals surface area contributed by atoms with Gasteiger partial charge in [-0.05, 0) is 25.5 Å². The third-order valence-corrected chi connectivity index (χ3v) is 3.41. The number of hydrogen-bond donors (Lipinski definition) is 2. The lowest BCUT2D eigenvalue weighted by Crippen LogP contribution is -2.36. The Kier molecular flexibility index (Phi) is 5.10. The first-order valence-corrected chi connectivity index (χ1v) is 7.22. The number of carbonyl (C=O) groups is 2. The first kappa shape index (κ1) is 17.8. The van der Waals surface area contributed by atoms with Gasteiger partial charge in [0.1, 0.15) is 6.54 Å². The van der Waals surface area contributed by atoms with Crippen molar-refractivity contribution < 1.29 is 27.9 Å². The van der Waals surface area contributed by atoms with Crippen molar-refractivity contribution in [2.24, 2.45) is 0 Å². The van der Waals surface area contributed by atoms with Crippen LogP contribution in [0.5, 0.6) is 0 Å². The van der Waals surface area contributed by atoms with Gasteiger partial charge in [-0.1, -0.05) is 12.1 Å². The van der Waals surface area contributed by atoms with Gasteiger partial charge in [-0.2, -0.15) is 13.2 Å². The molecule has 2 aromatic rings. The monoisotopic (exact) mass is 343 g/mol. The number of carboxylic acid groups (broad SMARTS) is 1. The van der Waals surface area contributed by atoms with Gasteiger partial charge >= 0.3 is 12.1 Å². The van der Waals surface area contributed by atoms with Crippen molar-refractivity contribution >= 4 is 22.9 Å². The average Bonchev–Trinajstić information content (AvgIpc) is 2.84. The van der Waals surface area contributed by atoms with E-state index in [1.165, 1.54) is 12.1 Å². The largest absolute Gasteiger partial charge is 0.481 e. The molecule has 0 aliphatic rings. The number of nitrogens with one attached hydrogen (secondary N) is 1. The van der Waals surface area contributed by atoms with Crippen LogP contribution >= 0.6 is 0 Å². The Labute approximate surface area is 135 Å². The van der Waals surface area contributed by atoms with Gasteiger partial charge in [0.2, 0.25) is 11.7 Å². The summed E-state index contributed by atoms with van der Waals surface area (Å²) in [6, 6.07) is 5.56. The van der Waals surface area contributed by atoms with E-state index in [-0.39, 0.29) is 23.9 Å². The number of para-hydroxylation sites is 2. The number of imidazole rings is 1. The standard InChI is InChI=1S/C15H16F3N3O3/c1-9(6-7-13(23)24)19-12(22)8-21-11-5-3-2-4-10(11)20-14(21)15(16,17)18/h2-5,9H,6-8H2,1H3,(H,19,22)(H,23,24). The summed E-state index contributed by atoms with van der Waals surface area (Å²) >= 11 is 0. The molecular weight excluding hydrogens is 327 g/mol. The molecule has 0 fully saturated rings. The molecule has 0 aliphatic heterocycles. The Morgan fingerprint density at radius 2 is 2.00 bits per heavy atom. The van der Waals surface area contributed by atoms with Gasteiger partial charge < -0.3 is 15.0 Å². The molecule has 1 aromatic carbocycles. The lowest BCUT2D eigenvalue weighted by molar-refractivity contribution is -0.147. The molecule has 0 saturated heterocycles. The van der Waals surface area contributed by atoms with Gasteiger partial charge in [0.15, 0.2) is 0 Å². The van der Waals surface area contributed by atoms with Crippen molar-refractivity contribution in [3.8, 4) is 0 Å². The summed E-state index contributed by atoms with van der Waals surface area (Å²) in [7, 11) is 0. The highest BCUT2D eigenvalue weighted by Gasteiger charge is 2.38. The summed E-state index contributed by atoms with van der Waals surface area (Å²) in [6.45, 7) is 1.05. The second-order valence-electron chi connectivity index (χ2n) is 5.41. The zero-order valence-electron chi connectivity index (χ0n) is 12.8. The van der Waals surface area contributed by atoms with Crippen LogP contribution in [0.2, 0.25) is 0 Å². The average molecular weight is 343 g/mol. The molecule has 1 unspecified atom stereocenters. The van der Waals surface area contributed by atoms with Crippen LogP contribution < -0.4 is 5.32 Å². The third-order valence-electron chi connectivity index (χ3n) is 3.41. The molecule has 1 amide bonds. The number of nitrogens with zero attached hydrogens (tertiary/aromatic N) is 2. The van der Waals surface area contributed by atoms with E-state index in [1.807, 2.05) is 0 Å². The fraction of sp³-hybridized carbons (Fsp3) is 0.400. The van der Waals surface area contributed by atoms with Gasteiger partial charge in [0, 0.05) is 12.5 Å². The van der Waals surface area contributed by atoms with Crippen molar-refractivity contribution in [2.75, 3.05) is 0 Å². The summed E-state index contributed by atoms with van der Waals surface area (Å²) in [5, 5.41) is 11.1. The minimum Gasteiger partial charge on any atom is -0.481 e. The number of benzene rings is 1. The van der Waals surface area contributed by atoms with Crippen LogP contribution in [-0.2, 0) is 22.3 Å². The summed E-state index contributed by atoms with van der Waals surface area (Å²) in [5.41, 5.74) is 0.356. The summed E-state index contributed by atoms with van der Waals surface area (Å²) < 4.78 is 40.2. The minimum atomic E-state index is -4.69. The molecule has 0 spiro atoms. The number of hydrogen-bond acceptors (Lipinski definition) is 3. The fourth-order valence-corrected chi connectivity index (χ4v) is 2.33. The first-order valence-electron chi connectivity index (χ1n) is 7.22. The molecule has 2 rings (SSSR count). The van der Waals surface area contributed by atoms with Crippen LogP contribution in [-0.4, -0.2) is 32.6 Å². The van der Waals surface area contributed by atoms with Crippen molar-refractivity contribution in [1.82, 2.24) is 14.9 Å². The molecule has 0 radical (unpaired) electrons. The molecule has 1 heterocycles. The Bertz CT molecular complexity index is 755. The van der Waals surface area contributed by atoms with Gasteiger partial charge in [-0.3, -0.25) is 9.59 Å². The highest BCUT2D eigenvalue weighted by atomic mass is 19.4. The maximum Gasteiger partial charge on any atom is 0.449 e. The lowest BCUT2D eigenvalue weighted by atomic mass is 10.2. The highest BCUT2D eigenvalue weighted by Crippen LogP contribution is 2.31. The van der Waals surface area contributed by atoms with E-state index in [2.05, 4.69) is 10.3 Å². The Hall–Kier alpha value is -2.58. The van der Waals surface area contributed by atoms with Gasteiger partial charge in [-0.25, -0.2) is 4.98 Å². The van der Waals surface area contributed by atoms with E-state index in [0.717, 1.165) is 4.57 Å². The maximum absolute atomic E-state index is 13.1. The number of halogens is 3. The van der Waals surface area contributed by atoms with E-state index in [1.54, 1.807) is 19.1 Å². The SMILES string of the molecule is CC(CCC(=O)O)NC(=O)Cn1c(C(F)(F)F)nc2ccccc21. The number of carbonyl (C=O) groups excluding carboxylic acids is 1. The predicted octanol–water partition coefficient (Wildman–Crippen LogP) is 2.42. The number of fused-ring (bicyclic) bond motifs is 1. The Morgan fingerprint density at radius 3 is 2.62 bits per heavy atom. The van der Waals surface area contributed by atoms with Crippen LogP contribution in [0.25, 0.3) is 11.0 Å². The van der Waals surface area contributed by atoms with Crippen LogP contribution in [0, 0.1) is 0 Å². The van der Waals surface area contributed by atoms with E-state index in [0.29, 0.717) is 0 Å². The van der Waals surface area contributed by atoms with E-state index < -0.39 is 36.5 Å². The van der Waals surface area contributed by atoms with Gasteiger partial charge in [0.05, 0.1) is 11.0 Å². The third kappa shape index (κ3) is 4.24. The van der Waals surface area contributed by atoms with Crippen molar-refractivity contribution in [3.63, 3.8) is 0 Å². The van der Waals surface area contributed by atoms with Crippen LogP contribution in [0.4, 0.5) is 13.2 Å². The molecule has 1 atom stereocenters. The lowest BCUT2D eigenvalue weighted by Gasteiger charge is -2.15. The molecular formula is C15H16F3N3O3. The molecule has 24 heavy (non-hydrogen) atoms. The van der Waals surface area contributed by atoms with Gasteiger partial charge in [-0.15, -0.1) is 0 Å². The van der Waals surface area contributed by atoms with Crippen molar-refractivity contribution in [1.29, 1.82) is 0 Å². The van der Waals surface area contributed by atoms with Crippen LogP contribution in [0.15, 0.2) is 24.3 Å². The summed E-state index contributed by atoms with van der Waals surface area (Å²) in [6.07, 6.45) is -4.63. The second kappa shape index (κ2) is 6.90. The summed E-state index contributed by atoms with van der Waals surface area (Å²) in [5.74, 6) is -2.78. The molecule has 0 saturated carbocycles. The molecule has 1 aromatic heterocycles. The quantitative estimate of drug-likeness (QED) is 0.844. The summed E-state index contributed by atoms with van der Waals surface area (Å²) in [4.78, 5) is 26.1. The van der Waals surface area contributed by atoms with Gasteiger partial charge in [0.25, 0.3) is 0 Å². The molecule has 130 valence electrons. The number of aromatic nitrogens is 2. The van der Waals surface area contributed by atoms with E-state index in [4.69, 9.17) is 5.11 Å². The normalized spacial score (nSPS) is 13.0. The van der Waals surface area contributed by atoms with Crippen molar-refractivity contribution in [2.45, 2.75) is 38.5 Å². The smallest absolute Gasteiger partial charge is 0.449 e. The fourth-order valence-electron chi connectivity index (χ4n) is 2.33. The highest BCUT2D eigenvalue weighted by molar-refractivity contribution is 5.81. The van der Waals surface area contributed by atoms with E-state index in [9.17, 15) is 22.8 Å². The maximum atomic E-state index is 13.1. The number of rotatable bonds is 6. The number of amides is 1. The molecule has 0 aliphatic carbocycles. The molecule has 2 N–H and O–H groups in total. The van der Waals surface area contributed by atoms with Crippen molar-refractivity contribution in [3.05, 3.63) is 30.1 Å². The predicted molar refractivity (Wildman–Crippen MR) is 79.2 cm³/mol. The van der Waals surface area contributed by atoms with Crippen LogP contribution in [0.1, 0.15) is 25.6 Å². The second-order valence-corrected chi connectivity index (χ2v) is 5.41. The van der Waals surface area contributed by atoms with Crippen LogP contribution in [0.3, 0.4) is 0 Å². The minimum absolute atomic E-state index is 0.136. The Balaban J connectivity index is 2.19. The molecule has 6 nitrogen and oxygen atoms in total. The molecule has 0 bridgehead atoms. The first-order chi connectivity index (χ1) is 11.2. The Morgan fingerprint density at radius 1 is 1.33 bits per heavy atom. The number of alkyl halides is 3.